The highest BCUT2D eigenvalue weighted by molar-refractivity contribution is 5.93. The van der Waals surface area contributed by atoms with Gasteiger partial charge >= 0.3 is 0 Å². The molecule has 5 heteroatoms. The van der Waals surface area contributed by atoms with E-state index in [-0.39, 0.29) is 17.9 Å². The third-order valence-corrected chi connectivity index (χ3v) is 3.97. The summed E-state index contributed by atoms with van der Waals surface area (Å²) in [4.78, 5) is 30.4. The second-order valence-corrected chi connectivity index (χ2v) is 5.58. The van der Waals surface area contributed by atoms with E-state index in [9.17, 15) is 9.59 Å². The van der Waals surface area contributed by atoms with Gasteiger partial charge in [0.2, 0.25) is 11.8 Å². The number of hydrogen-bond acceptors (Lipinski definition) is 3. The molecule has 0 bridgehead atoms. The maximum Gasteiger partial charge on any atom is 0.248 e. The van der Waals surface area contributed by atoms with Gasteiger partial charge in [0.05, 0.1) is 0 Å². The minimum Gasteiger partial charge on any atom is -0.342 e. The first-order valence-corrected chi connectivity index (χ1v) is 6.97. The van der Waals surface area contributed by atoms with Crippen LogP contribution in [0.5, 0.6) is 0 Å². The standard InChI is InChI=1S/C15H21N3O2/c1-4-15(3)14(20)18(11(2)9-13(19)17-15)10-12-5-7-16-8-6-12/h5-8,11H,4,9-10H2,1-3H3,(H,17,19). The highest BCUT2D eigenvalue weighted by Crippen LogP contribution is 2.23. The summed E-state index contributed by atoms with van der Waals surface area (Å²) in [7, 11) is 0. The van der Waals surface area contributed by atoms with Crippen LogP contribution in [0.4, 0.5) is 0 Å². The molecule has 20 heavy (non-hydrogen) atoms. The average Bonchev–Trinajstić information content (AvgIpc) is 2.51. The highest BCUT2D eigenvalue weighted by Gasteiger charge is 2.41. The summed E-state index contributed by atoms with van der Waals surface area (Å²) in [6.45, 7) is 6.14. The fourth-order valence-electron chi connectivity index (χ4n) is 2.46. The lowest BCUT2D eigenvalue weighted by Gasteiger charge is -2.33. The van der Waals surface area contributed by atoms with Crippen LogP contribution in [0.3, 0.4) is 0 Å². The number of carbonyl (C=O) groups is 2. The molecular weight excluding hydrogens is 254 g/mol. The molecule has 1 aromatic heterocycles. The second-order valence-electron chi connectivity index (χ2n) is 5.58. The van der Waals surface area contributed by atoms with Gasteiger partial charge in [0, 0.05) is 31.4 Å². The lowest BCUT2D eigenvalue weighted by molar-refractivity contribution is -0.140. The van der Waals surface area contributed by atoms with Crippen molar-refractivity contribution in [3.8, 4) is 0 Å². The number of pyridine rings is 1. The Morgan fingerprint density at radius 3 is 2.65 bits per heavy atom. The molecule has 1 aliphatic rings. The Bertz CT molecular complexity index is 503. The first-order valence-electron chi connectivity index (χ1n) is 6.97. The second kappa shape index (κ2) is 5.61. The van der Waals surface area contributed by atoms with Crippen molar-refractivity contribution in [1.82, 2.24) is 15.2 Å². The molecule has 0 radical (unpaired) electrons. The lowest BCUT2D eigenvalue weighted by atomic mass is 9.97. The molecule has 2 rings (SSSR count). The van der Waals surface area contributed by atoms with E-state index in [4.69, 9.17) is 0 Å². The fourth-order valence-corrected chi connectivity index (χ4v) is 2.46. The van der Waals surface area contributed by atoms with Gasteiger partial charge in [-0.2, -0.15) is 0 Å². The molecule has 0 aromatic carbocycles. The summed E-state index contributed by atoms with van der Waals surface area (Å²) < 4.78 is 0. The summed E-state index contributed by atoms with van der Waals surface area (Å²) >= 11 is 0. The van der Waals surface area contributed by atoms with Crippen LogP contribution in [0.1, 0.15) is 39.2 Å². The predicted octanol–water partition coefficient (Wildman–Crippen LogP) is 1.49. The van der Waals surface area contributed by atoms with Crippen molar-refractivity contribution < 1.29 is 9.59 Å². The molecule has 2 atom stereocenters. The number of amides is 2. The lowest BCUT2D eigenvalue weighted by Crippen LogP contribution is -2.55. The predicted molar refractivity (Wildman–Crippen MR) is 75.7 cm³/mol. The number of rotatable bonds is 3. The zero-order chi connectivity index (χ0) is 14.8. The Labute approximate surface area is 119 Å². The molecule has 1 aliphatic heterocycles. The summed E-state index contributed by atoms with van der Waals surface area (Å²) in [6.07, 6.45) is 4.35. The van der Waals surface area contributed by atoms with Crippen LogP contribution in [0.2, 0.25) is 0 Å². The van der Waals surface area contributed by atoms with Gasteiger partial charge in [-0.15, -0.1) is 0 Å². The highest BCUT2D eigenvalue weighted by atomic mass is 16.2. The average molecular weight is 275 g/mol. The van der Waals surface area contributed by atoms with Crippen molar-refractivity contribution >= 4 is 11.8 Å². The van der Waals surface area contributed by atoms with Crippen molar-refractivity contribution in [2.45, 2.75) is 51.7 Å². The first kappa shape index (κ1) is 14.5. The van der Waals surface area contributed by atoms with E-state index in [2.05, 4.69) is 10.3 Å². The summed E-state index contributed by atoms with van der Waals surface area (Å²) in [6, 6.07) is 3.68. The van der Waals surface area contributed by atoms with Gasteiger partial charge in [0.15, 0.2) is 0 Å². The molecular formula is C15H21N3O2. The van der Waals surface area contributed by atoms with E-state index in [0.717, 1.165) is 5.56 Å². The van der Waals surface area contributed by atoms with Gasteiger partial charge in [-0.25, -0.2) is 0 Å². The number of nitrogens with one attached hydrogen (secondary N) is 1. The molecule has 2 unspecified atom stereocenters. The van der Waals surface area contributed by atoms with E-state index in [1.807, 2.05) is 26.0 Å². The van der Waals surface area contributed by atoms with Gasteiger partial charge < -0.3 is 10.2 Å². The molecule has 5 nitrogen and oxygen atoms in total. The van der Waals surface area contributed by atoms with Crippen LogP contribution < -0.4 is 5.32 Å². The van der Waals surface area contributed by atoms with Crippen LogP contribution in [-0.2, 0) is 16.1 Å². The quantitative estimate of drug-likeness (QED) is 0.909. The van der Waals surface area contributed by atoms with Crippen LogP contribution in [0.15, 0.2) is 24.5 Å². The topological polar surface area (TPSA) is 62.3 Å². The molecule has 0 spiro atoms. The SMILES string of the molecule is CCC1(C)NC(=O)CC(C)N(Cc2ccncc2)C1=O. The maximum atomic E-state index is 12.8. The van der Waals surface area contributed by atoms with Gasteiger partial charge in [-0.3, -0.25) is 14.6 Å². The first-order chi connectivity index (χ1) is 9.46. The Kier molecular flexibility index (Phi) is 4.06. The molecule has 1 aromatic rings. The van der Waals surface area contributed by atoms with Crippen molar-refractivity contribution in [2.24, 2.45) is 0 Å². The molecule has 108 valence electrons. The van der Waals surface area contributed by atoms with E-state index < -0.39 is 5.54 Å². The minimum atomic E-state index is -0.811. The Morgan fingerprint density at radius 2 is 2.05 bits per heavy atom. The Hall–Kier alpha value is -1.91. The number of nitrogens with zero attached hydrogens (tertiary/aromatic N) is 2. The monoisotopic (exact) mass is 275 g/mol. The molecule has 1 N–H and O–H groups in total. The zero-order valence-electron chi connectivity index (χ0n) is 12.2. The third-order valence-electron chi connectivity index (χ3n) is 3.97. The summed E-state index contributed by atoms with van der Waals surface area (Å²) in [5.74, 6) is -0.0809. The van der Waals surface area contributed by atoms with Crippen LogP contribution in [-0.4, -0.2) is 33.3 Å². The van der Waals surface area contributed by atoms with E-state index in [1.54, 1.807) is 24.2 Å². The fraction of sp³-hybridized carbons (Fsp3) is 0.533. The van der Waals surface area contributed by atoms with Gasteiger partial charge in [0.1, 0.15) is 5.54 Å². The molecule has 1 fully saturated rings. The number of hydrogen-bond donors (Lipinski definition) is 1. The molecule has 1 saturated heterocycles. The van der Waals surface area contributed by atoms with E-state index in [1.165, 1.54) is 0 Å². The van der Waals surface area contributed by atoms with E-state index >= 15 is 0 Å². The number of aromatic nitrogens is 1. The summed E-state index contributed by atoms with van der Waals surface area (Å²) in [5.41, 5.74) is 0.211. The third kappa shape index (κ3) is 2.81. The van der Waals surface area contributed by atoms with Crippen LogP contribution in [0.25, 0.3) is 0 Å². The summed E-state index contributed by atoms with van der Waals surface area (Å²) in [5, 5.41) is 2.86. The molecule has 0 saturated carbocycles. The van der Waals surface area contributed by atoms with Crippen molar-refractivity contribution in [3.63, 3.8) is 0 Å². The Balaban J connectivity index is 2.28. The maximum absolute atomic E-state index is 12.8. The molecule has 0 aliphatic carbocycles. The molecule has 2 amide bonds. The largest absolute Gasteiger partial charge is 0.342 e. The molecule has 2 heterocycles. The van der Waals surface area contributed by atoms with Crippen LogP contribution >= 0.6 is 0 Å². The minimum absolute atomic E-state index is 0.0184. The van der Waals surface area contributed by atoms with Crippen molar-refractivity contribution in [3.05, 3.63) is 30.1 Å². The number of carbonyl (C=O) groups excluding carboxylic acids is 2. The van der Waals surface area contributed by atoms with Crippen molar-refractivity contribution in [2.75, 3.05) is 0 Å². The van der Waals surface area contributed by atoms with Crippen molar-refractivity contribution in [1.29, 1.82) is 0 Å². The van der Waals surface area contributed by atoms with Gasteiger partial charge in [-0.05, 0) is 38.0 Å². The normalized spacial score (nSPS) is 27.1. The van der Waals surface area contributed by atoms with Crippen LogP contribution in [0, 0.1) is 0 Å². The Morgan fingerprint density at radius 1 is 1.40 bits per heavy atom. The van der Waals surface area contributed by atoms with Gasteiger partial charge in [-0.1, -0.05) is 6.92 Å². The van der Waals surface area contributed by atoms with Gasteiger partial charge in [0.25, 0.3) is 0 Å². The van der Waals surface area contributed by atoms with E-state index in [0.29, 0.717) is 19.4 Å². The zero-order valence-corrected chi connectivity index (χ0v) is 12.2. The smallest absolute Gasteiger partial charge is 0.248 e.